The molecule has 1 fully saturated rings. The van der Waals surface area contributed by atoms with Crippen molar-refractivity contribution in [2.45, 2.75) is 36.4 Å². The first-order chi connectivity index (χ1) is 6.52. The van der Waals surface area contributed by atoms with Crippen molar-refractivity contribution >= 4 is 0 Å². The highest BCUT2D eigenvalue weighted by molar-refractivity contribution is 5.17. The van der Waals surface area contributed by atoms with E-state index in [2.05, 4.69) is 0 Å². The van der Waals surface area contributed by atoms with Crippen LogP contribution < -0.4 is 5.32 Å². The predicted molar refractivity (Wildman–Crippen MR) is 37.0 cm³/mol. The Balaban J connectivity index is 3.05. The van der Waals surface area contributed by atoms with E-state index in [1.165, 1.54) is 0 Å². The minimum atomic E-state index is -6.25. The van der Waals surface area contributed by atoms with Crippen LogP contribution in [0.25, 0.3) is 0 Å². The van der Waals surface area contributed by atoms with Gasteiger partial charge < -0.3 is 5.32 Å². The normalized spacial score (nSPS) is 21.6. The SMILES string of the molecule is CNC1(C(F)(F)C(F)(F)C(F)(F)F)CC1. The summed E-state index contributed by atoms with van der Waals surface area (Å²) in [7, 11) is 0.938. The Morgan fingerprint density at radius 3 is 1.53 bits per heavy atom. The van der Waals surface area contributed by atoms with E-state index in [1.807, 2.05) is 5.32 Å². The molecule has 0 atom stereocenters. The molecule has 15 heavy (non-hydrogen) atoms. The minimum Gasteiger partial charge on any atom is -0.309 e. The molecule has 0 spiro atoms. The van der Waals surface area contributed by atoms with Crippen molar-refractivity contribution in [3.05, 3.63) is 0 Å². The highest BCUT2D eigenvalue weighted by Crippen LogP contribution is 2.58. The van der Waals surface area contributed by atoms with E-state index in [1.54, 1.807) is 0 Å². The van der Waals surface area contributed by atoms with Crippen LogP contribution in [0.2, 0.25) is 0 Å². The average molecular weight is 239 g/mol. The van der Waals surface area contributed by atoms with Crippen LogP contribution in [0.1, 0.15) is 12.8 Å². The van der Waals surface area contributed by atoms with Crippen LogP contribution in [-0.4, -0.2) is 30.6 Å². The van der Waals surface area contributed by atoms with E-state index in [-0.39, 0.29) is 0 Å². The Morgan fingerprint density at radius 1 is 0.933 bits per heavy atom. The molecule has 1 aliphatic rings. The number of halogens is 7. The van der Waals surface area contributed by atoms with Crippen LogP contribution in [0.15, 0.2) is 0 Å². The quantitative estimate of drug-likeness (QED) is 0.746. The molecule has 1 aliphatic carbocycles. The number of hydrogen-bond acceptors (Lipinski definition) is 1. The summed E-state index contributed by atoms with van der Waals surface area (Å²) in [6.45, 7) is 0. The largest absolute Gasteiger partial charge is 0.459 e. The van der Waals surface area contributed by atoms with Gasteiger partial charge in [-0.3, -0.25) is 0 Å². The van der Waals surface area contributed by atoms with Gasteiger partial charge in [-0.1, -0.05) is 0 Å². The van der Waals surface area contributed by atoms with Gasteiger partial charge in [-0.15, -0.1) is 0 Å². The van der Waals surface area contributed by atoms with Gasteiger partial charge in [0.25, 0.3) is 0 Å². The lowest BCUT2D eigenvalue weighted by molar-refractivity contribution is -0.362. The fourth-order valence-electron chi connectivity index (χ4n) is 1.32. The first kappa shape index (κ1) is 12.5. The molecule has 0 heterocycles. The monoisotopic (exact) mass is 239 g/mol. The van der Waals surface area contributed by atoms with E-state index >= 15 is 0 Å². The standard InChI is InChI=1S/C7H8F7N/c1-15-4(2-3-4)5(8,9)6(10,11)7(12,13)14/h15H,2-3H2,1H3. The zero-order valence-corrected chi connectivity index (χ0v) is 7.56. The van der Waals surface area contributed by atoms with Gasteiger partial charge in [0, 0.05) is 0 Å². The maximum atomic E-state index is 13.0. The second-order valence-corrected chi connectivity index (χ2v) is 3.48. The van der Waals surface area contributed by atoms with E-state index in [0.717, 1.165) is 7.05 Å². The highest BCUT2D eigenvalue weighted by Gasteiger charge is 2.81. The number of alkyl halides is 7. The van der Waals surface area contributed by atoms with E-state index in [4.69, 9.17) is 0 Å². The summed E-state index contributed by atoms with van der Waals surface area (Å²) < 4.78 is 86.3. The molecule has 90 valence electrons. The second kappa shape index (κ2) is 2.99. The van der Waals surface area contributed by atoms with Crippen molar-refractivity contribution in [2.75, 3.05) is 7.05 Å². The van der Waals surface area contributed by atoms with Gasteiger partial charge in [-0.2, -0.15) is 30.7 Å². The van der Waals surface area contributed by atoms with Crippen LogP contribution in [0.5, 0.6) is 0 Å². The van der Waals surface area contributed by atoms with Crippen LogP contribution in [0.4, 0.5) is 30.7 Å². The summed E-state index contributed by atoms with van der Waals surface area (Å²) in [5.74, 6) is -11.1. The third kappa shape index (κ3) is 1.49. The van der Waals surface area contributed by atoms with Crippen molar-refractivity contribution < 1.29 is 30.7 Å². The van der Waals surface area contributed by atoms with Crippen molar-refractivity contribution in [2.24, 2.45) is 0 Å². The third-order valence-electron chi connectivity index (χ3n) is 2.58. The van der Waals surface area contributed by atoms with E-state index < -0.39 is 36.4 Å². The second-order valence-electron chi connectivity index (χ2n) is 3.48. The Labute approximate surface area is 80.6 Å². The average Bonchev–Trinajstić information content (AvgIpc) is 2.81. The first-order valence-corrected chi connectivity index (χ1v) is 4.03. The molecule has 1 saturated carbocycles. The van der Waals surface area contributed by atoms with Crippen LogP contribution >= 0.6 is 0 Å². The summed E-state index contributed by atoms with van der Waals surface area (Å²) in [4.78, 5) is 0. The molecule has 1 rings (SSSR count). The van der Waals surface area contributed by atoms with Gasteiger partial charge in [-0.05, 0) is 19.9 Å². The molecule has 0 aromatic heterocycles. The van der Waals surface area contributed by atoms with Gasteiger partial charge in [0.05, 0.1) is 5.54 Å². The summed E-state index contributed by atoms with van der Waals surface area (Å²) in [5, 5.41) is 1.84. The molecule has 0 bridgehead atoms. The topological polar surface area (TPSA) is 12.0 Å². The highest BCUT2D eigenvalue weighted by atomic mass is 19.4. The third-order valence-corrected chi connectivity index (χ3v) is 2.58. The minimum absolute atomic E-state index is 0.401. The molecule has 0 amide bonds. The van der Waals surface area contributed by atoms with Crippen molar-refractivity contribution in [1.29, 1.82) is 0 Å². The zero-order chi connectivity index (χ0) is 12.1. The molecule has 0 aromatic carbocycles. The maximum Gasteiger partial charge on any atom is 0.459 e. The summed E-state index contributed by atoms with van der Waals surface area (Å²) >= 11 is 0. The van der Waals surface area contributed by atoms with Crippen molar-refractivity contribution in [3.8, 4) is 0 Å². The molecule has 0 aliphatic heterocycles. The predicted octanol–water partition coefficient (Wildman–Crippen LogP) is 2.57. The van der Waals surface area contributed by atoms with Crippen LogP contribution in [-0.2, 0) is 0 Å². The number of rotatable bonds is 3. The lowest BCUT2D eigenvalue weighted by atomic mass is 10.0. The molecular formula is C7H8F7N. The molecule has 0 radical (unpaired) electrons. The summed E-state index contributed by atoms with van der Waals surface area (Å²) in [6.07, 6.45) is -7.05. The zero-order valence-electron chi connectivity index (χ0n) is 7.56. The van der Waals surface area contributed by atoms with E-state index in [9.17, 15) is 30.7 Å². The lowest BCUT2D eigenvalue weighted by Gasteiger charge is -2.34. The smallest absolute Gasteiger partial charge is 0.309 e. The van der Waals surface area contributed by atoms with Gasteiger partial charge in [0.15, 0.2) is 0 Å². The lowest BCUT2D eigenvalue weighted by Crippen LogP contribution is -2.62. The van der Waals surface area contributed by atoms with Gasteiger partial charge in [0.2, 0.25) is 0 Å². The fraction of sp³-hybridized carbons (Fsp3) is 1.00. The Morgan fingerprint density at radius 2 is 1.33 bits per heavy atom. The molecular weight excluding hydrogens is 231 g/mol. The molecule has 0 saturated heterocycles. The first-order valence-electron chi connectivity index (χ1n) is 4.03. The maximum absolute atomic E-state index is 13.0. The summed E-state index contributed by atoms with van der Waals surface area (Å²) in [6, 6.07) is 0. The molecule has 8 heteroatoms. The Bertz CT molecular complexity index is 253. The van der Waals surface area contributed by atoms with Gasteiger partial charge in [-0.25, -0.2) is 0 Å². The molecule has 1 N–H and O–H groups in total. The van der Waals surface area contributed by atoms with Crippen LogP contribution in [0, 0.1) is 0 Å². The molecule has 0 aromatic rings. The Hall–Kier alpha value is -0.530. The Kier molecular flexibility index (Phi) is 2.50. The van der Waals surface area contributed by atoms with Gasteiger partial charge >= 0.3 is 18.0 Å². The van der Waals surface area contributed by atoms with Crippen molar-refractivity contribution in [1.82, 2.24) is 5.32 Å². The van der Waals surface area contributed by atoms with E-state index in [0.29, 0.717) is 0 Å². The van der Waals surface area contributed by atoms with Crippen molar-refractivity contribution in [3.63, 3.8) is 0 Å². The number of hydrogen-bond donors (Lipinski definition) is 1. The fourth-order valence-corrected chi connectivity index (χ4v) is 1.32. The van der Waals surface area contributed by atoms with Gasteiger partial charge in [0.1, 0.15) is 0 Å². The number of nitrogens with one attached hydrogen (secondary N) is 1. The molecule has 0 unspecified atom stereocenters. The molecule has 1 nitrogen and oxygen atoms in total. The van der Waals surface area contributed by atoms with Crippen LogP contribution in [0.3, 0.4) is 0 Å². The summed E-state index contributed by atoms with van der Waals surface area (Å²) in [5.41, 5.74) is -2.42.